The molecule has 0 spiro atoms. The summed E-state index contributed by atoms with van der Waals surface area (Å²) in [5.41, 5.74) is 1.05. The maximum atomic E-state index is 11.5. The first kappa shape index (κ1) is 12.8. The number of carbonyl (C=O) groups is 1. The summed E-state index contributed by atoms with van der Waals surface area (Å²) >= 11 is 0. The molecule has 88 valence electrons. The number of esters is 1. The molecule has 0 fully saturated rings. The van der Waals surface area contributed by atoms with Crippen molar-refractivity contribution in [3.05, 3.63) is 35.9 Å². The second-order valence-electron chi connectivity index (χ2n) is 4.00. The van der Waals surface area contributed by atoms with Crippen LogP contribution in [0, 0.1) is 0 Å². The predicted octanol–water partition coefficient (Wildman–Crippen LogP) is 3.87. The zero-order valence-corrected chi connectivity index (χ0v) is 10.1. The van der Waals surface area contributed by atoms with Gasteiger partial charge in [-0.1, -0.05) is 50.1 Å². The average Bonchev–Trinajstić information content (AvgIpc) is 2.30. The summed E-state index contributed by atoms with van der Waals surface area (Å²) < 4.78 is 5.34. The topological polar surface area (TPSA) is 26.3 Å². The third-order valence-corrected chi connectivity index (χ3v) is 2.56. The van der Waals surface area contributed by atoms with Crippen molar-refractivity contribution in [1.29, 1.82) is 0 Å². The number of hydrogen-bond donors (Lipinski definition) is 0. The van der Waals surface area contributed by atoms with Crippen molar-refractivity contribution in [1.82, 2.24) is 0 Å². The molecule has 0 aliphatic carbocycles. The first-order valence-corrected chi connectivity index (χ1v) is 5.98. The van der Waals surface area contributed by atoms with Gasteiger partial charge in [-0.05, 0) is 18.9 Å². The Labute approximate surface area is 97.6 Å². The number of carbonyl (C=O) groups excluding carboxylic acids is 1. The number of rotatable bonds is 6. The van der Waals surface area contributed by atoms with E-state index < -0.39 is 0 Å². The summed E-state index contributed by atoms with van der Waals surface area (Å²) in [6.45, 7) is 4.03. The normalized spacial score (nSPS) is 12.1. The zero-order valence-electron chi connectivity index (χ0n) is 10.1. The molecule has 0 aromatic heterocycles. The first-order valence-electron chi connectivity index (χ1n) is 5.98. The lowest BCUT2D eigenvalue weighted by Crippen LogP contribution is -2.08. The molecule has 1 aromatic carbocycles. The van der Waals surface area contributed by atoms with Crippen molar-refractivity contribution < 1.29 is 9.53 Å². The van der Waals surface area contributed by atoms with Crippen LogP contribution >= 0.6 is 0 Å². The van der Waals surface area contributed by atoms with E-state index in [0.717, 1.165) is 24.8 Å². The van der Waals surface area contributed by atoms with E-state index in [-0.39, 0.29) is 12.1 Å². The lowest BCUT2D eigenvalue weighted by molar-refractivity contribution is -0.148. The molecule has 0 aliphatic heterocycles. The van der Waals surface area contributed by atoms with Crippen molar-refractivity contribution in [2.24, 2.45) is 0 Å². The molecule has 16 heavy (non-hydrogen) atoms. The van der Waals surface area contributed by atoms with Crippen LogP contribution < -0.4 is 0 Å². The van der Waals surface area contributed by atoms with Crippen molar-refractivity contribution >= 4 is 5.97 Å². The largest absolute Gasteiger partial charge is 0.458 e. The molecular weight excluding hydrogens is 200 g/mol. The quantitative estimate of drug-likeness (QED) is 0.537. The Morgan fingerprint density at radius 1 is 1.25 bits per heavy atom. The van der Waals surface area contributed by atoms with Gasteiger partial charge >= 0.3 is 5.97 Å². The molecule has 0 saturated carbocycles. The van der Waals surface area contributed by atoms with Crippen molar-refractivity contribution in [2.45, 2.75) is 45.6 Å². The van der Waals surface area contributed by atoms with E-state index in [1.165, 1.54) is 0 Å². The maximum absolute atomic E-state index is 11.5. The monoisotopic (exact) mass is 220 g/mol. The van der Waals surface area contributed by atoms with Gasteiger partial charge in [0.25, 0.3) is 0 Å². The van der Waals surface area contributed by atoms with Gasteiger partial charge in [0.15, 0.2) is 0 Å². The molecule has 0 radical (unpaired) electrons. The van der Waals surface area contributed by atoms with E-state index in [1.807, 2.05) is 37.3 Å². The number of benzene rings is 1. The number of hydrogen-bond acceptors (Lipinski definition) is 2. The van der Waals surface area contributed by atoms with Crippen LogP contribution in [-0.2, 0) is 9.53 Å². The van der Waals surface area contributed by atoms with Gasteiger partial charge in [-0.15, -0.1) is 0 Å². The Hall–Kier alpha value is -1.31. The smallest absolute Gasteiger partial charge is 0.306 e. The first-order chi connectivity index (χ1) is 7.74. The van der Waals surface area contributed by atoms with Crippen molar-refractivity contribution in [3.8, 4) is 0 Å². The molecule has 0 unspecified atom stereocenters. The number of unbranched alkanes of at least 4 members (excludes halogenated alkanes) is 2. The highest BCUT2D eigenvalue weighted by molar-refractivity contribution is 5.69. The molecule has 0 bridgehead atoms. The van der Waals surface area contributed by atoms with E-state index in [0.29, 0.717) is 6.42 Å². The second-order valence-corrected chi connectivity index (χ2v) is 4.00. The van der Waals surface area contributed by atoms with E-state index in [9.17, 15) is 4.79 Å². The van der Waals surface area contributed by atoms with Crippen LogP contribution in [0.3, 0.4) is 0 Å². The molecule has 1 atom stereocenters. The minimum Gasteiger partial charge on any atom is -0.458 e. The van der Waals surface area contributed by atoms with Crippen LogP contribution in [0.4, 0.5) is 0 Å². The van der Waals surface area contributed by atoms with Gasteiger partial charge in [-0.2, -0.15) is 0 Å². The molecule has 2 heteroatoms. The summed E-state index contributed by atoms with van der Waals surface area (Å²) in [6, 6.07) is 9.82. The standard InChI is InChI=1S/C14H20O2/c1-3-4-6-11-14(15)16-12(2)13-9-7-5-8-10-13/h5,7-10,12H,3-4,6,11H2,1-2H3/t12-/m0/s1. The van der Waals surface area contributed by atoms with Crippen LogP contribution in [0.15, 0.2) is 30.3 Å². The fourth-order valence-corrected chi connectivity index (χ4v) is 1.57. The highest BCUT2D eigenvalue weighted by Crippen LogP contribution is 2.17. The molecule has 0 N–H and O–H groups in total. The second kappa shape index (κ2) is 7.04. The molecule has 0 amide bonds. The maximum Gasteiger partial charge on any atom is 0.306 e. The summed E-state index contributed by atoms with van der Waals surface area (Å²) in [5.74, 6) is -0.0928. The van der Waals surface area contributed by atoms with Gasteiger partial charge in [0.05, 0.1) is 0 Å². The summed E-state index contributed by atoms with van der Waals surface area (Å²) in [6.07, 6.45) is 3.54. The SMILES string of the molecule is CCCCCC(=O)O[C@@H](C)c1ccccc1. The summed E-state index contributed by atoms with van der Waals surface area (Å²) in [4.78, 5) is 11.5. The molecule has 0 heterocycles. The molecule has 1 aromatic rings. The zero-order chi connectivity index (χ0) is 11.8. The molecular formula is C14H20O2. The van der Waals surface area contributed by atoms with Gasteiger partial charge in [0, 0.05) is 6.42 Å². The minimum absolute atomic E-state index is 0.0928. The highest BCUT2D eigenvalue weighted by Gasteiger charge is 2.10. The molecule has 2 nitrogen and oxygen atoms in total. The Bertz CT molecular complexity index is 306. The number of ether oxygens (including phenoxy) is 1. The molecule has 0 saturated heterocycles. The Kier molecular flexibility index (Phi) is 5.62. The lowest BCUT2D eigenvalue weighted by Gasteiger charge is -2.13. The Balaban J connectivity index is 2.34. The van der Waals surface area contributed by atoms with E-state index in [2.05, 4.69) is 6.92 Å². The molecule has 0 aliphatic rings. The van der Waals surface area contributed by atoms with E-state index in [4.69, 9.17) is 4.74 Å². The van der Waals surface area contributed by atoms with Crippen LogP contribution in [-0.4, -0.2) is 5.97 Å². The summed E-state index contributed by atoms with van der Waals surface area (Å²) in [5, 5.41) is 0. The average molecular weight is 220 g/mol. The molecule has 1 rings (SSSR count). The van der Waals surface area contributed by atoms with Crippen molar-refractivity contribution in [2.75, 3.05) is 0 Å². The fourth-order valence-electron chi connectivity index (χ4n) is 1.57. The van der Waals surface area contributed by atoms with Crippen LogP contribution in [0.2, 0.25) is 0 Å². The van der Waals surface area contributed by atoms with Crippen LogP contribution in [0.25, 0.3) is 0 Å². The highest BCUT2D eigenvalue weighted by atomic mass is 16.5. The van der Waals surface area contributed by atoms with Crippen molar-refractivity contribution in [3.63, 3.8) is 0 Å². The Morgan fingerprint density at radius 2 is 1.94 bits per heavy atom. The van der Waals surface area contributed by atoms with Crippen LogP contribution in [0.5, 0.6) is 0 Å². The van der Waals surface area contributed by atoms with Gasteiger partial charge in [0.2, 0.25) is 0 Å². The van der Waals surface area contributed by atoms with E-state index >= 15 is 0 Å². The van der Waals surface area contributed by atoms with Gasteiger partial charge < -0.3 is 4.74 Å². The van der Waals surface area contributed by atoms with Gasteiger partial charge in [0.1, 0.15) is 6.10 Å². The third kappa shape index (κ3) is 4.47. The van der Waals surface area contributed by atoms with Gasteiger partial charge in [-0.25, -0.2) is 0 Å². The third-order valence-electron chi connectivity index (χ3n) is 2.56. The Morgan fingerprint density at radius 3 is 2.56 bits per heavy atom. The minimum atomic E-state index is -0.143. The van der Waals surface area contributed by atoms with E-state index in [1.54, 1.807) is 0 Å². The van der Waals surface area contributed by atoms with Crippen LogP contribution in [0.1, 0.15) is 51.2 Å². The fraction of sp³-hybridized carbons (Fsp3) is 0.500. The lowest BCUT2D eigenvalue weighted by atomic mass is 10.1. The summed E-state index contributed by atoms with van der Waals surface area (Å²) in [7, 11) is 0. The predicted molar refractivity (Wildman–Crippen MR) is 65.1 cm³/mol. The van der Waals surface area contributed by atoms with Gasteiger partial charge in [-0.3, -0.25) is 4.79 Å².